The highest BCUT2D eigenvalue weighted by molar-refractivity contribution is 5.98. The average molecular weight is 792 g/mol. The first-order chi connectivity index (χ1) is 30.5. The fraction of sp³-hybridized carbons (Fsp3) is 0.0492. The first-order valence-corrected chi connectivity index (χ1v) is 21.6. The molecule has 10 aromatic carbocycles. The number of para-hydroxylation sites is 1. The van der Waals surface area contributed by atoms with Crippen molar-refractivity contribution in [2.24, 2.45) is 0 Å². The van der Waals surface area contributed by atoms with Crippen molar-refractivity contribution in [3.05, 3.63) is 248 Å². The second-order valence-corrected chi connectivity index (χ2v) is 16.9. The van der Waals surface area contributed by atoms with Gasteiger partial charge in [0.05, 0.1) is 5.69 Å². The van der Waals surface area contributed by atoms with Crippen LogP contribution >= 0.6 is 0 Å². The normalized spacial score (nSPS) is 12.5. The molecule has 1 heteroatoms. The minimum absolute atomic E-state index is 0.105. The van der Waals surface area contributed by atoms with Crippen molar-refractivity contribution < 1.29 is 0 Å². The van der Waals surface area contributed by atoms with Gasteiger partial charge in [-0.05, 0) is 119 Å². The number of hydrogen-bond acceptors (Lipinski definition) is 1. The van der Waals surface area contributed by atoms with Crippen molar-refractivity contribution in [1.82, 2.24) is 0 Å². The number of nitrogens with zero attached hydrogens (tertiary/aromatic N) is 1. The number of anilines is 3. The Morgan fingerprint density at radius 3 is 1.65 bits per heavy atom. The van der Waals surface area contributed by atoms with Gasteiger partial charge in [0.15, 0.2) is 0 Å². The molecular weight excluding hydrogens is 747 g/mol. The quantitative estimate of drug-likeness (QED) is 0.148. The predicted molar refractivity (Wildman–Crippen MR) is 263 cm³/mol. The van der Waals surface area contributed by atoms with Gasteiger partial charge in [0, 0.05) is 22.4 Å². The monoisotopic (exact) mass is 791 g/mol. The van der Waals surface area contributed by atoms with Gasteiger partial charge < -0.3 is 4.90 Å². The molecule has 0 N–H and O–H groups in total. The zero-order valence-corrected chi connectivity index (χ0v) is 35.0. The van der Waals surface area contributed by atoms with Gasteiger partial charge in [-0.3, -0.25) is 0 Å². The third kappa shape index (κ3) is 6.51. The van der Waals surface area contributed by atoms with Crippen LogP contribution in [0, 0.1) is 0 Å². The first-order valence-electron chi connectivity index (χ1n) is 21.6. The molecule has 10 aromatic rings. The van der Waals surface area contributed by atoms with Crippen LogP contribution < -0.4 is 4.90 Å². The fourth-order valence-electron chi connectivity index (χ4n) is 9.86. The molecule has 1 aliphatic carbocycles. The summed E-state index contributed by atoms with van der Waals surface area (Å²) in [5, 5.41) is 2.50. The maximum atomic E-state index is 2.43. The summed E-state index contributed by atoms with van der Waals surface area (Å²) in [5.41, 5.74) is 20.7. The van der Waals surface area contributed by atoms with E-state index in [0.29, 0.717) is 0 Å². The molecule has 0 aromatic heterocycles. The summed E-state index contributed by atoms with van der Waals surface area (Å²) < 4.78 is 0. The molecule has 62 heavy (non-hydrogen) atoms. The van der Waals surface area contributed by atoms with Gasteiger partial charge in [-0.25, -0.2) is 0 Å². The van der Waals surface area contributed by atoms with E-state index in [9.17, 15) is 0 Å². The summed E-state index contributed by atoms with van der Waals surface area (Å²) in [6, 6.07) is 86.5. The van der Waals surface area contributed by atoms with E-state index in [1.165, 1.54) is 83.1 Å². The minimum Gasteiger partial charge on any atom is -0.310 e. The lowest BCUT2D eigenvalue weighted by atomic mass is 9.79. The van der Waals surface area contributed by atoms with Crippen molar-refractivity contribution in [3.8, 4) is 66.8 Å². The second kappa shape index (κ2) is 15.4. The highest BCUT2D eigenvalue weighted by atomic mass is 15.1. The van der Waals surface area contributed by atoms with Crippen LogP contribution in [0.15, 0.2) is 237 Å². The molecule has 0 heterocycles. The Labute approximate surface area is 364 Å². The smallest absolute Gasteiger partial charge is 0.0540 e. The molecule has 294 valence electrons. The molecule has 0 saturated carbocycles. The molecule has 0 radical (unpaired) electrons. The Morgan fingerprint density at radius 2 is 0.823 bits per heavy atom. The van der Waals surface area contributed by atoms with Crippen molar-refractivity contribution in [1.29, 1.82) is 0 Å². The zero-order valence-electron chi connectivity index (χ0n) is 35.0. The molecule has 11 rings (SSSR count). The molecule has 0 saturated heterocycles. The standard InChI is InChI=1S/C61H45N/c1-61(2)58-30-10-8-26-56(58)57-29-15-28-55(60(57)61)46-36-38-50(39-37-46)62(51-23-13-20-47(41-51)44-34-32-43(33-35-44)42-16-4-3-5-17-42)59-31-11-9-25-54(59)49-22-12-21-48(40-49)53-27-14-19-45-18-6-7-24-52(45)53/h3-41H,1-2H3. The van der Waals surface area contributed by atoms with E-state index >= 15 is 0 Å². The van der Waals surface area contributed by atoms with E-state index < -0.39 is 0 Å². The largest absolute Gasteiger partial charge is 0.310 e. The fourth-order valence-corrected chi connectivity index (χ4v) is 9.86. The van der Waals surface area contributed by atoms with E-state index in [0.717, 1.165) is 22.6 Å². The summed E-state index contributed by atoms with van der Waals surface area (Å²) in [7, 11) is 0. The third-order valence-corrected chi connectivity index (χ3v) is 12.9. The second-order valence-electron chi connectivity index (χ2n) is 16.9. The van der Waals surface area contributed by atoms with Gasteiger partial charge in [-0.15, -0.1) is 0 Å². The van der Waals surface area contributed by atoms with Crippen LogP contribution in [0.5, 0.6) is 0 Å². The molecule has 1 aliphatic rings. The number of hydrogen-bond donors (Lipinski definition) is 0. The highest BCUT2D eigenvalue weighted by Gasteiger charge is 2.37. The molecule has 0 amide bonds. The van der Waals surface area contributed by atoms with Crippen LogP contribution in [0.3, 0.4) is 0 Å². The maximum absolute atomic E-state index is 2.43. The van der Waals surface area contributed by atoms with E-state index in [-0.39, 0.29) is 5.41 Å². The molecule has 0 aliphatic heterocycles. The van der Waals surface area contributed by atoms with E-state index in [4.69, 9.17) is 0 Å². The van der Waals surface area contributed by atoms with Crippen LogP contribution in [0.2, 0.25) is 0 Å². The Balaban J connectivity index is 1.04. The maximum Gasteiger partial charge on any atom is 0.0540 e. The summed E-state index contributed by atoms with van der Waals surface area (Å²) in [6.45, 7) is 4.73. The van der Waals surface area contributed by atoms with Gasteiger partial charge in [0.25, 0.3) is 0 Å². The van der Waals surface area contributed by atoms with E-state index in [1.807, 2.05) is 0 Å². The lowest BCUT2D eigenvalue weighted by Crippen LogP contribution is -2.16. The van der Waals surface area contributed by atoms with Crippen LogP contribution in [-0.2, 0) is 5.41 Å². The minimum atomic E-state index is -0.105. The number of benzene rings is 10. The zero-order chi connectivity index (χ0) is 41.6. The third-order valence-electron chi connectivity index (χ3n) is 12.9. The predicted octanol–water partition coefficient (Wildman–Crippen LogP) is 17.0. The van der Waals surface area contributed by atoms with Gasteiger partial charge in [0.1, 0.15) is 0 Å². The van der Waals surface area contributed by atoms with Crippen molar-refractivity contribution in [3.63, 3.8) is 0 Å². The van der Waals surface area contributed by atoms with Crippen molar-refractivity contribution >= 4 is 27.8 Å². The molecule has 1 nitrogen and oxygen atoms in total. The number of fused-ring (bicyclic) bond motifs is 4. The first kappa shape index (κ1) is 37.3. The summed E-state index contributed by atoms with van der Waals surface area (Å²) >= 11 is 0. The van der Waals surface area contributed by atoms with Crippen molar-refractivity contribution in [2.45, 2.75) is 19.3 Å². The van der Waals surface area contributed by atoms with Crippen LogP contribution in [-0.4, -0.2) is 0 Å². The van der Waals surface area contributed by atoms with E-state index in [1.54, 1.807) is 0 Å². The Hall–Kier alpha value is -7.74. The molecule has 0 atom stereocenters. The van der Waals surface area contributed by atoms with Crippen LogP contribution in [0.1, 0.15) is 25.0 Å². The Bertz CT molecular complexity index is 3240. The molecule has 0 fully saturated rings. The lowest BCUT2D eigenvalue weighted by Gasteiger charge is -2.29. The van der Waals surface area contributed by atoms with Crippen LogP contribution in [0.4, 0.5) is 17.1 Å². The van der Waals surface area contributed by atoms with Gasteiger partial charge in [0.2, 0.25) is 0 Å². The average Bonchev–Trinajstić information content (AvgIpc) is 3.58. The van der Waals surface area contributed by atoms with E-state index in [2.05, 4.69) is 255 Å². The van der Waals surface area contributed by atoms with Crippen LogP contribution in [0.25, 0.3) is 77.5 Å². The molecule has 0 unspecified atom stereocenters. The summed E-state index contributed by atoms with van der Waals surface area (Å²) in [5.74, 6) is 0. The molecule has 0 bridgehead atoms. The molecule has 0 spiro atoms. The summed E-state index contributed by atoms with van der Waals surface area (Å²) in [4.78, 5) is 2.43. The Kier molecular flexibility index (Phi) is 9.24. The van der Waals surface area contributed by atoms with Gasteiger partial charge >= 0.3 is 0 Å². The van der Waals surface area contributed by atoms with Crippen molar-refractivity contribution in [2.75, 3.05) is 4.90 Å². The SMILES string of the molecule is CC1(C)c2ccccc2-c2cccc(-c3ccc(N(c4cccc(-c5ccc(-c6ccccc6)cc5)c4)c4ccccc4-c4cccc(-c5cccc6ccccc56)c4)cc3)c21. The lowest BCUT2D eigenvalue weighted by molar-refractivity contribution is 0.662. The highest BCUT2D eigenvalue weighted by Crippen LogP contribution is 2.52. The number of rotatable bonds is 8. The summed E-state index contributed by atoms with van der Waals surface area (Å²) in [6.07, 6.45) is 0. The van der Waals surface area contributed by atoms with Gasteiger partial charge in [-0.1, -0.05) is 214 Å². The van der Waals surface area contributed by atoms with Gasteiger partial charge in [-0.2, -0.15) is 0 Å². The Morgan fingerprint density at radius 1 is 0.306 bits per heavy atom. The topological polar surface area (TPSA) is 3.24 Å². The molecular formula is C61H45N.